The summed E-state index contributed by atoms with van der Waals surface area (Å²) in [5.41, 5.74) is 0. The highest BCUT2D eigenvalue weighted by atomic mass is 19.1. The molecular formula is C15H23FO2. The molecule has 1 saturated heterocycles. The lowest BCUT2D eigenvalue weighted by Crippen LogP contribution is -2.31. The van der Waals surface area contributed by atoms with Gasteiger partial charge in [-0.1, -0.05) is 18.2 Å². The standard InChI is InChI=1S/C15H23FO2/c1-2-3-13-10-17-15(18-11-13)9-6-12-4-7-14(16)8-5-12/h2-3,7,12-13,15H,4-6,8-11H2,1H3/b3-2+/t12?,13-,15-. The van der Waals surface area contributed by atoms with Crippen LogP contribution >= 0.6 is 0 Å². The van der Waals surface area contributed by atoms with E-state index in [0.717, 1.165) is 38.9 Å². The zero-order valence-corrected chi connectivity index (χ0v) is 11.1. The van der Waals surface area contributed by atoms with E-state index in [1.807, 2.05) is 13.0 Å². The second kappa shape index (κ2) is 7.05. The fourth-order valence-electron chi connectivity index (χ4n) is 2.60. The van der Waals surface area contributed by atoms with Crippen molar-refractivity contribution in [1.29, 1.82) is 0 Å². The highest BCUT2D eigenvalue weighted by molar-refractivity contribution is 4.97. The smallest absolute Gasteiger partial charge is 0.157 e. The van der Waals surface area contributed by atoms with Gasteiger partial charge in [-0.15, -0.1) is 0 Å². The van der Waals surface area contributed by atoms with Gasteiger partial charge in [0.25, 0.3) is 0 Å². The first-order valence-corrected chi connectivity index (χ1v) is 6.98. The lowest BCUT2D eigenvalue weighted by Gasteiger charge is -2.29. The topological polar surface area (TPSA) is 18.5 Å². The van der Waals surface area contributed by atoms with Gasteiger partial charge in [-0.3, -0.25) is 0 Å². The maximum atomic E-state index is 12.9. The monoisotopic (exact) mass is 254 g/mol. The van der Waals surface area contributed by atoms with E-state index in [-0.39, 0.29) is 12.1 Å². The van der Waals surface area contributed by atoms with Gasteiger partial charge in [-0.05, 0) is 44.9 Å². The summed E-state index contributed by atoms with van der Waals surface area (Å²) < 4.78 is 24.3. The number of rotatable bonds is 4. The van der Waals surface area contributed by atoms with Gasteiger partial charge in [0.1, 0.15) is 0 Å². The van der Waals surface area contributed by atoms with Crippen LogP contribution in [0.2, 0.25) is 0 Å². The van der Waals surface area contributed by atoms with Crippen LogP contribution in [-0.4, -0.2) is 19.5 Å². The van der Waals surface area contributed by atoms with E-state index in [9.17, 15) is 4.39 Å². The van der Waals surface area contributed by atoms with E-state index in [2.05, 4.69) is 6.08 Å². The molecule has 0 saturated carbocycles. The molecule has 2 nitrogen and oxygen atoms in total. The van der Waals surface area contributed by atoms with Crippen LogP contribution in [0.15, 0.2) is 24.1 Å². The van der Waals surface area contributed by atoms with Gasteiger partial charge in [0.05, 0.1) is 19.0 Å². The largest absolute Gasteiger partial charge is 0.352 e. The van der Waals surface area contributed by atoms with Gasteiger partial charge in [0, 0.05) is 5.92 Å². The van der Waals surface area contributed by atoms with Gasteiger partial charge in [0.15, 0.2) is 6.29 Å². The number of ether oxygens (including phenoxy) is 2. The molecule has 1 atom stereocenters. The molecule has 3 heteroatoms. The lowest BCUT2D eigenvalue weighted by molar-refractivity contribution is -0.196. The summed E-state index contributed by atoms with van der Waals surface area (Å²) in [6.45, 7) is 3.53. The molecule has 1 heterocycles. The average Bonchev–Trinajstić information content (AvgIpc) is 2.40. The summed E-state index contributed by atoms with van der Waals surface area (Å²) >= 11 is 0. The number of halogens is 1. The predicted molar refractivity (Wildman–Crippen MR) is 69.8 cm³/mol. The van der Waals surface area contributed by atoms with E-state index in [1.165, 1.54) is 0 Å². The van der Waals surface area contributed by atoms with Crippen molar-refractivity contribution in [2.45, 2.75) is 45.3 Å². The Morgan fingerprint density at radius 1 is 1.33 bits per heavy atom. The molecule has 0 spiro atoms. The molecule has 0 aromatic heterocycles. The third-order valence-electron chi connectivity index (χ3n) is 3.73. The number of hydrogen-bond donors (Lipinski definition) is 0. The third kappa shape index (κ3) is 4.21. The SMILES string of the molecule is C/C=C/[C@H]1CO[C@H](CCC2CC=C(F)CC2)OC1. The van der Waals surface area contributed by atoms with Crippen LogP contribution in [0.3, 0.4) is 0 Å². The summed E-state index contributed by atoms with van der Waals surface area (Å²) in [4.78, 5) is 0. The Morgan fingerprint density at radius 2 is 2.11 bits per heavy atom. The second-order valence-corrected chi connectivity index (χ2v) is 5.25. The van der Waals surface area contributed by atoms with Crippen molar-refractivity contribution in [1.82, 2.24) is 0 Å². The quantitative estimate of drug-likeness (QED) is 0.706. The minimum absolute atomic E-state index is 0.0535. The molecule has 2 rings (SSSR count). The Labute approximate surface area is 109 Å². The molecule has 2 aliphatic rings. The molecule has 0 bridgehead atoms. The molecule has 1 aliphatic heterocycles. The van der Waals surface area contributed by atoms with Crippen molar-refractivity contribution in [3.05, 3.63) is 24.1 Å². The second-order valence-electron chi connectivity index (χ2n) is 5.25. The molecule has 0 amide bonds. The summed E-state index contributed by atoms with van der Waals surface area (Å²) in [6.07, 6.45) is 10.3. The zero-order chi connectivity index (χ0) is 12.8. The molecule has 0 radical (unpaired) electrons. The summed E-state index contributed by atoms with van der Waals surface area (Å²) in [5, 5.41) is 0. The Balaban J connectivity index is 1.63. The van der Waals surface area contributed by atoms with Crippen molar-refractivity contribution in [3.8, 4) is 0 Å². The van der Waals surface area contributed by atoms with Crippen LogP contribution in [0.4, 0.5) is 4.39 Å². The molecule has 1 aliphatic carbocycles. The van der Waals surface area contributed by atoms with Crippen molar-refractivity contribution < 1.29 is 13.9 Å². The van der Waals surface area contributed by atoms with E-state index in [0.29, 0.717) is 18.3 Å². The van der Waals surface area contributed by atoms with Crippen molar-refractivity contribution in [3.63, 3.8) is 0 Å². The first-order chi connectivity index (χ1) is 8.78. The number of hydrogen-bond acceptors (Lipinski definition) is 2. The zero-order valence-electron chi connectivity index (χ0n) is 11.1. The molecule has 0 aromatic carbocycles. The van der Waals surface area contributed by atoms with Gasteiger partial charge in [-0.2, -0.15) is 0 Å². The maximum Gasteiger partial charge on any atom is 0.157 e. The highest BCUT2D eigenvalue weighted by Crippen LogP contribution is 2.29. The first-order valence-electron chi connectivity index (χ1n) is 6.98. The van der Waals surface area contributed by atoms with Crippen LogP contribution in [0.25, 0.3) is 0 Å². The normalized spacial score (nSPS) is 33.7. The molecular weight excluding hydrogens is 231 g/mol. The van der Waals surface area contributed by atoms with Crippen LogP contribution in [0.5, 0.6) is 0 Å². The fourth-order valence-corrected chi connectivity index (χ4v) is 2.60. The Bertz CT molecular complexity index is 304. The van der Waals surface area contributed by atoms with E-state index in [4.69, 9.17) is 9.47 Å². The van der Waals surface area contributed by atoms with Crippen LogP contribution < -0.4 is 0 Å². The predicted octanol–water partition coefficient (Wildman–Crippen LogP) is 3.99. The van der Waals surface area contributed by atoms with Crippen molar-refractivity contribution in [2.24, 2.45) is 11.8 Å². The van der Waals surface area contributed by atoms with Gasteiger partial charge < -0.3 is 9.47 Å². The van der Waals surface area contributed by atoms with Crippen molar-refractivity contribution in [2.75, 3.05) is 13.2 Å². The first kappa shape index (κ1) is 13.8. The molecule has 1 fully saturated rings. The minimum Gasteiger partial charge on any atom is -0.352 e. The fraction of sp³-hybridized carbons (Fsp3) is 0.733. The van der Waals surface area contributed by atoms with E-state index < -0.39 is 0 Å². The minimum atomic E-state index is -0.0535. The van der Waals surface area contributed by atoms with Crippen LogP contribution in [0.1, 0.15) is 39.0 Å². The van der Waals surface area contributed by atoms with Crippen LogP contribution in [0, 0.1) is 11.8 Å². The average molecular weight is 254 g/mol. The third-order valence-corrected chi connectivity index (χ3v) is 3.73. The summed E-state index contributed by atoms with van der Waals surface area (Å²) in [7, 11) is 0. The molecule has 102 valence electrons. The van der Waals surface area contributed by atoms with Crippen LogP contribution in [-0.2, 0) is 9.47 Å². The Kier molecular flexibility index (Phi) is 5.39. The van der Waals surface area contributed by atoms with E-state index >= 15 is 0 Å². The van der Waals surface area contributed by atoms with Gasteiger partial charge in [-0.25, -0.2) is 4.39 Å². The Hall–Kier alpha value is -0.670. The molecule has 0 aromatic rings. The Morgan fingerprint density at radius 3 is 2.72 bits per heavy atom. The van der Waals surface area contributed by atoms with Gasteiger partial charge >= 0.3 is 0 Å². The highest BCUT2D eigenvalue weighted by Gasteiger charge is 2.22. The molecule has 1 unspecified atom stereocenters. The number of allylic oxidation sites excluding steroid dienone is 3. The summed E-state index contributed by atoms with van der Waals surface area (Å²) in [5.74, 6) is 1.06. The van der Waals surface area contributed by atoms with E-state index in [1.54, 1.807) is 6.08 Å². The summed E-state index contributed by atoms with van der Waals surface area (Å²) in [6, 6.07) is 0. The lowest BCUT2D eigenvalue weighted by atomic mass is 9.89. The van der Waals surface area contributed by atoms with Gasteiger partial charge in [0.2, 0.25) is 0 Å². The van der Waals surface area contributed by atoms with Crippen molar-refractivity contribution >= 4 is 0 Å². The maximum absolute atomic E-state index is 12.9. The molecule has 0 N–H and O–H groups in total. The molecule has 18 heavy (non-hydrogen) atoms.